The highest BCUT2D eigenvalue weighted by molar-refractivity contribution is 7.98. The Bertz CT molecular complexity index is 391. The number of ether oxygens (including phenoxy) is 1. The number of aromatic nitrogens is 2. The van der Waals surface area contributed by atoms with Crippen LogP contribution in [0.15, 0.2) is 11.2 Å². The van der Waals surface area contributed by atoms with Crippen molar-refractivity contribution in [1.29, 1.82) is 0 Å². The van der Waals surface area contributed by atoms with Crippen LogP contribution in [0.2, 0.25) is 0 Å². The molecule has 6 nitrogen and oxygen atoms in total. The second kappa shape index (κ2) is 6.93. The minimum absolute atomic E-state index is 0.625. The van der Waals surface area contributed by atoms with Crippen molar-refractivity contribution < 1.29 is 4.74 Å². The highest BCUT2D eigenvalue weighted by atomic mass is 32.2. The largest absolute Gasteiger partial charge is 0.379 e. The Morgan fingerprint density at radius 3 is 2.95 bits per heavy atom. The van der Waals surface area contributed by atoms with E-state index in [1.54, 1.807) is 0 Å². The summed E-state index contributed by atoms with van der Waals surface area (Å²) in [7, 11) is 1.99. The summed E-state index contributed by atoms with van der Waals surface area (Å²) in [6, 6.07) is 1.83. The number of hydrogen-bond donors (Lipinski definition) is 2. The van der Waals surface area contributed by atoms with Crippen molar-refractivity contribution in [2.75, 3.05) is 43.4 Å². The van der Waals surface area contributed by atoms with Gasteiger partial charge in [-0.1, -0.05) is 11.8 Å². The van der Waals surface area contributed by atoms with Gasteiger partial charge in [0.15, 0.2) is 5.16 Å². The molecule has 0 bridgehead atoms. The van der Waals surface area contributed by atoms with Gasteiger partial charge < -0.3 is 15.1 Å². The molecule has 0 atom stereocenters. The van der Waals surface area contributed by atoms with Crippen LogP contribution in [0.5, 0.6) is 0 Å². The first-order chi connectivity index (χ1) is 9.22. The van der Waals surface area contributed by atoms with Gasteiger partial charge in [-0.05, 0) is 25.0 Å². The molecule has 3 N–H and O–H groups in total. The number of nitrogen functional groups attached to an aromatic ring is 1. The van der Waals surface area contributed by atoms with Crippen molar-refractivity contribution in [2.24, 2.45) is 11.8 Å². The zero-order chi connectivity index (χ0) is 13.7. The molecular weight excluding hydrogens is 262 g/mol. The molecule has 106 valence electrons. The molecule has 0 aliphatic heterocycles. The van der Waals surface area contributed by atoms with E-state index in [0.29, 0.717) is 11.0 Å². The molecule has 1 heterocycles. The highest BCUT2D eigenvalue weighted by Crippen LogP contribution is 2.28. The number of likely N-dealkylation sites (N-methyl/N-ethyl adjacent to an activating group) is 1. The molecule has 1 saturated carbocycles. The number of hydrogen-bond acceptors (Lipinski definition) is 7. The second-order valence-electron chi connectivity index (χ2n) is 4.68. The fourth-order valence-electron chi connectivity index (χ4n) is 1.62. The van der Waals surface area contributed by atoms with Crippen LogP contribution < -0.4 is 16.2 Å². The number of hydrazine groups is 1. The predicted molar refractivity (Wildman–Crippen MR) is 78.4 cm³/mol. The Labute approximate surface area is 118 Å². The summed E-state index contributed by atoms with van der Waals surface area (Å²) in [5, 5.41) is 0.705. The molecule has 0 radical (unpaired) electrons. The van der Waals surface area contributed by atoms with E-state index in [4.69, 9.17) is 10.6 Å². The van der Waals surface area contributed by atoms with Crippen molar-refractivity contribution in [3.05, 3.63) is 6.07 Å². The summed E-state index contributed by atoms with van der Waals surface area (Å²) in [5.41, 5.74) is 2.57. The Morgan fingerprint density at radius 1 is 1.53 bits per heavy atom. The lowest BCUT2D eigenvalue weighted by atomic mass is 10.4. The van der Waals surface area contributed by atoms with Crippen LogP contribution in [-0.4, -0.2) is 43.0 Å². The number of nitrogens with zero attached hydrogens (tertiary/aromatic N) is 3. The van der Waals surface area contributed by atoms with Crippen molar-refractivity contribution in [2.45, 2.75) is 18.0 Å². The summed E-state index contributed by atoms with van der Waals surface area (Å²) in [4.78, 5) is 10.7. The lowest BCUT2D eigenvalue weighted by molar-refractivity contribution is 0.130. The van der Waals surface area contributed by atoms with Crippen LogP contribution in [0.4, 0.5) is 11.6 Å². The van der Waals surface area contributed by atoms with Crippen molar-refractivity contribution in [1.82, 2.24) is 9.97 Å². The molecule has 1 aromatic heterocycles. The quantitative estimate of drug-likeness (QED) is 0.245. The second-order valence-corrected chi connectivity index (χ2v) is 5.46. The molecule has 1 aliphatic rings. The first-order valence-corrected chi connectivity index (χ1v) is 7.64. The van der Waals surface area contributed by atoms with Crippen molar-refractivity contribution >= 4 is 23.4 Å². The lowest BCUT2D eigenvalue weighted by Gasteiger charge is -2.19. The lowest BCUT2D eigenvalue weighted by Crippen LogP contribution is -2.24. The maximum atomic E-state index is 5.63. The van der Waals surface area contributed by atoms with Crippen LogP contribution >= 0.6 is 11.8 Å². The van der Waals surface area contributed by atoms with Gasteiger partial charge in [0.1, 0.15) is 11.6 Å². The molecule has 7 heteroatoms. The molecule has 1 aromatic rings. The van der Waals surface area contributed by atoms with Gasteiger partial charge in [0.2, 0.25) is 0 Å². The van der Waals surface area contributed by atoms with Gasteiger partial charge in [0, 0.05) is 26.3 Å². The van der Waals surface area contributed by atoms with Gasteiger partial charge in [-0.25, -0.2) is 15.8 Å². The van der Waals surface area contributed by atoms with Gasteiger partial charge in [0.25, 0.3) is 0 Å². The number of thioether (sulfide) groups is 1. The predicted octanol–water partition coefficient (Wildman–Crippen LogP) is 1.35. The minimum atomic E-state index is 0.625. The van der Waals surface area contributed by atoms with Gasteiger partial charge >= 0.3 is 0 Å². The molecule has 1 fully saturated rings. The van der Waals surface area contributed by atoms with Crippen molar-refractivity contribution in [3.63, 3.8) is 0 Å². The topological polar surface area (TPSA) is 76.3 Å². The van der Waals surface area contributed by atoms with Gasteiger partial charge in [0.05, 0.1) is 6.61 Å². The molecule has 2 rings (SSSR count). The molecule has 19 heavy (non-hydrogen) atoms. The normalized spacial score (nSPS) is 14.5. The van der Waals surface area contributed by atoms with Crippen molar-refractivity contribution in [3.8, 4) is 0 Å². The monoisotopic (exact) mass is 283 g/mol. The average Bonchev–Trinajstić information content (AvgIpc) is 3.26. The van der Waals surface area contributed by atoms with E-state index in [2.05, 4.69) is 20.3 Å². The maximum absolute atomic E-state index is 5.63. The first kappa shape index (κ1) is 14.4. The maximum Gasteiger partial charge on any atom is 0.191 e. The zero-order valence-electron chi connectivity index (χ0n) is 11.4. The third-order valence-corrected chi connectivity index (χ3v) is 3.58. The SMILES string of the molecule is CSc1nc(NN)cc(N(C)CCOCC2CC2)n1. The molecular formula is C12H21N5OS. The standard InChI is InChI=1S/C12H21N5OS/c1-17(5-6-18-8-9-3-4-9)11-7-10(16-13)14-12(15-11)19-2/h7,9H,3-6,8,13H2,1-2H3,(H,14,15,16). The van der Waals surface area contributed by atoms with E-state index in [0.717, 1.165) is 31.5 Å². The summed E-state index contributed by atoms with van der Waals surface area (Å²) >= 11 is 1.49. The Morgan fingerprint density at radius 2 is 2.32 bits per heavy atom. The number of nitrogens with two attached hydrogens (primary N) is 1. The minimum Gasteiger partial charge on any atom is -0.379 e. The fraction of sp³-hybridized carbons (Fsp3) is 0.667. The van der Waals surface area contributed by atoms with Gasteiger partial charge in [-0.2, -0.15) is 0 Å². The Hall–Kier alpha value is -1.05. The molecule has 0 unspecified atom stereocenters. The third-order valence-electron chi connectivity index (χ3n) is 3.04. The number of anilines is 2. The van der Waals surface area contributed by atoms with E-state index in [1.807, 2.05) is 19.4 Å². The first-order valence-electron chi connectivity index (χ1n) is 6.41. The van der Waals surface area contributed by atoms with Crippen LogP contribution in [0, 0.1) is 5.92 Å². The van der Waals surface area contributed by atoms with E-state index >= 15 is 0 Å². The van der Waals surface area contributed by atoms with E-state index in [1.165, 1.54) is 24.6 Å². The summed E-state index contributed by atoms with van der Waals surface area (Å²) < 4.78 is 5.63. The summed E-state index contributed by atoms with van der Waals surface area (Å²) in [6.45, 7) is 2.42. The Kier molecular flexibility index (Phi) is 5.24. The number of rotatable bonds is 8. The molecule has 0 saturated heterocycles. The Balaban J connectivity index is 1.86. The fourth-order valence-corrected chi connectivity index (χ4v) is 2.00. The van der Waals surface area contributed by atoms with E-state index in [-0.39, 0.29) is 0 Å². The summed E-state index contributed by atoms with van der Waals surface area (Å²) in [6.07, 6.45) is 4.59. The molecule has 0 aromatic carbocycles. The van der Waals surface area contributed by atoms with Crippen LogP contribution in [0.25, 0.3) is 0 Å². The highest BCUT2D eigenvalue weighted by Gasteiger charge is 2.21. The zero-order valence-corrected chi connectivity index (χ0v) is 12.2. The van der Waals surface area contributed by atoms with E-state index in [9.17, 15) is 0 Å². The smallest absolute Gasteiger partial charge is 0.191 e. The molecule has 0 spiro atoms. The molecule has 1 aliphatic carbocycles. The molecule has 0 amide bonds. The van der Waals surface area contributed by atoms with Crippen LogP contribution in [0.3, 0.4) is 0 Å². The number of nitrogens with one attached hydrogen (secondary N) is 1. The van der Waals surface area contributed by atoms with E-state index < -0.39 is 0 Å². The van der Waals surface area contributed by atoms with Crippen LogP contribution in [0.1, 0.15) is 12.8 Å². The van der Waals surface area contributed by atoms with Gasteiger partial charge in [-0.15, -0.1) is 0 Å². The third kappa shape index (κ3) is 4.52. The van der Waals surface area contributed by atoms with Gasteiger partial charge in [-0.3, -0.25) is 0 Å². The average molecular weight is 283 g/mol. The summed E-state index contributed by atoms with van der Waals surface area (Å²) in [5.74, 6) is 7.69. The van der Waals surface area contributed by atoms with Crippen LogP contribution in [-0.2, 0) is 4.74 Å².